The molecule has 8 heteroatoms. The lowest BCUT2D eigenvalue weighted by Gasteiger charge is -2.41. The summed E-state index contributed by atoms with van der Waals surface area (Å²) >= 11 is 0. The van der Waals surface area contributed by atoms with Gasteiger partial charge in [0.15, 0.2) is 0 Å². The van der Waals surface area contributed by atoms with E-state index in [1.165, 1.54) is 0 Å². The Morgan fingerprint density at radius 1 is 1.22 bits per heavy atom. The third-order valence-corrected chi connectivity index (χ3v) is 4.83. The van der Waals surface area contributed by atoms with E-state index < -0.39 is 13.1 Å². The Kier molecular flexibility index (Phi) is 4.49. The Labute approximate surface area is 156 Å². The largest absolute Gasteiger partial charge is 0.535 e. The van der Waals surface area contributed by atoms with Gasteiger partial charge in [-0.2, -0.15) is 0 Å². The van der Waals surface area contributed by atoms with Gasteiger partial charge in [-0.05, 0) is 24.4 Å². The lowest BCUT2D eigenvalue weighted by molar-refractivity contribution is 0.0597. The summed E-state index contributed by atoms with van der Waals surface area (Å²) < 4.78 is 11.2. The van der Waals surface area contributed by atoms with E-state index in [1.807, 2.05) is 35.2 Å². The van der Waals surface area contributed by atoms with Crippen LogP contribution in [0.4, 0.5) is 0 Å². The number of rotatable bonds is 4. The van der Waals surface area contributed by atoms with Crippen LogP contribution in [0.5, 0.6) is 11.5 Å². The zero-order valence-electron chi connectivity index (χ0n) is 14.6. The predicted octanol–water partition coefficient (Wildman–Crippen LogP) is 1.89. The van der Waals surface area contributed by atoms with Gasteiger partial charge in [-0.25, -0.2) is 4.79 Å². The maximum Gasteiger partial charge on any atom is 0.522 e. The number of fused-ring (bicyclic) bond motifs is 1. The van der Waals surface area contributed by atoms with E-state index in [2.05, 4.69) is 0 Å². The summed E-state index contributed by atoms with van der Waals surface area (Å²) in [6.07, 6.45) is 0.784. The van der Waals surface area contributed by atoms with Crippen LogP contribution in [0, 0.1) is 5.41 Å². The van der Waals surface area contributed by atoms with E-state index in [-0.39, 0.29) is 23.2 Å². The summed E-state index contributed by atoms with van der Waals surface area (Å²) in [6, 6.07) is 12.9. The van der Waals surface area contributed by atoms with Gasteiger partial charge in [-0.1, -0.05) is 36.4 Å². The molecule has 0 spiro atoms. The van der Waals surface area contributed by atoms with Crippen LogP contribution < -0.4 is 9.39 Å². The number of nitrogens with zero attached hydrogens (tertiary/aromatic N) is 1. The minimum absolute atomic E-state index is 0.0529. The lowest BCUT2D eigenvalue weighted by Crippen LogP contribution is -2.56. The number of aryl methyl sites for hydroxylation is 1. The molecule has 1 fully saturated rings. The molecule has 2 aromatic carbocycles. The number of hydrogen-bond acceptors (Lipinski definition) is 5. The monoisotopic (exact) mass is 366 g/mol. The summed E-state index contributed by atoms with van der Waals surface area (Å²) in [5.41, 5.74) is 1.53. The number of carboxylic acids is 1. The average Bonchev–Trinajstić information content (AvgIpc) is 2.63. The van der Waals surface area contributed by atoms with Gasteiger partial charge in [-0.15, -0.1) is 0 Å². The molecule has 0 amide bonds. The summed E-state index contributed by atoms with van der Waals surface area (Å²) in [5.74, 6) is -0.312. The van der Waals surface area contributed by atoms with Gasteiger partial charge in [0.05, 0.1) is 13.1 Å². The molecular weight excluding hydrogens is 347 g/mol. The minimum atomic E-state index is -1.15. The Hall–Kier alpha value is -3.00. The summed E-state index contributed by atoms with van der Waals surface area (Å²) in [4.78, 5) is 13.6. The second kappa shape index (κ2) is 6.96. The molecule has 0 aromatic heterocycles. The molecule has 2 aliphatic rings. The molecular formula is C19H19BN2O5. The molecule has 1 saturated heterocycles. The maximum absolute atomic E-state index is 11.8. The zero-order chi connectivity index (χ0) is 19.0. The molecule has 4 rings (SSSR count). The number of likely N-dealkylation sites (tertiary alicyclic amines) is 1. The molecule has 0 unspecified atom stereocenters. The molecule has 138 valence electrons. The summed E-state index contributed by atoms with van der Waals surface area (Å²) in [7, 11) is -1.00. The second-order valence-electron chi connectivity index (χ2n) is 6.70. The number of nitrogens with one attached hydrogen (secondary N) is 1. The second-order valence-corrected chi connectivity index (χ2v) is 6.70. The average molecular weight is 366 g/mol. The maximum atomic E-state index is 11.8. The molecule has 0 saturated carbocycles. The van der Waals surface area contributed by atoms with Crippen LogP contribution >= 0.6 is 0 Å². The standard InChI is InChI=1S/C19H19BN2O5/c21-18(13-4-2-1-3-5-13)22-10-14(11-22)26-15-7-6-12-8-9-20(25)27-17(12)16(15)19(23)24/h1-7,14,21,25H,8-11H2,(H,23,24). The Bertz CT molecular complexity index is 883. The highest BCUT2D eigenvalue weighted by Crippen LogP contribution is 2.37. The summed E-state index contributed by atoms with van der Waals surface area (Å²) in [5, 5.41) is 27.6. The van der Waals surface area contributed by atoms with E-state index in [4.69, 9.17) is 14.8 Å². The number of hydrogen-bond donors (Lipinski definition) is 3. The minimum Gasteiger partial charge on any atom is -0.535 e. The van der Waals surface area contributed by atoms with Gasteiger partial charge >= 0.3 is 13.1 Å². The van der Waals surface area contributed by atoms with Crippen LogP contribution in [0.25, 0.3) is 0 Å². The molecule has 3 N–H and O–H groups in total. The Morgan fingerprint density at radius 2 is 1.96 bits per heavy atom. The van der Waals surface area contributed by atoms with Crippen molar-refractivity contribution in [2.24, 2.45) is 0 Å². The lowest BCUT2D eigenvalue weighted by atomic mass is 9.78. The van der Waals surface area contributed by atoms with Crippen molar-refractivity contribution in [1.82, 2.24) is 4.90 Å². The highest BCUT2D eigenvalue weighted by atomic mass is 16.5. The van der Waals surface area contributed by atoms with E-state index in [0.29, 0.717) is 31.7 Å². The van der Waals surface area contributed by atoms with Gasteiger partial charge in [-0.3, -0.25) is 5.41 Å². The number of aromatic carboxylic acids is 1. The van der Waals surface area contributed by atoms with E-state index >= 15 is 0 Å². The molecule has 0 atom stereocenters. The quantitative estimate of drug-likeness (QED) is 0.434. The Morgan fingerprint density at radius 3 is 2.67 bits per heavy atom. The molecule has 0 bridgehead atoms. The van der Waals surface area contributed by atoms with E-state index in [1.54, 1.807) is 12.1 Å². The van der Waals surface area contributed by atoms with Crippen LogP contribution in [0.15, 0.2) is 42.5 Å². The third-order valence-electron chi connectivity index (χ3n) is 4.83. The van der Waals surface area contributed by atoms with Crippen LogP contribution in [0.3, 0.4) is 0 Å². The molecule has 0 radical (unpaired) electrons. The first-order valence-corrected chi connectivity index (χ1v) is 8.82. The highest BCUT2D eigenvalue weighted by molar-refractivity contribution is 6.44. The van der Waals surface area contributed by atoms with Gasteiger partial charge < -0.3 is 24.4 Å². The van der Waals surface area contributed by atoms with Crippen molar-refractivity contribution in [3.8, 4) is 11.5 Å². The molecule has 7 nitrogen and oxygen atoms in total. The molecule has 2 aromatic rings. The molecule has 0 aliphatic carbocycles. The smallest absolute Gasteiger partial charge is 0.522 e. The van der Waals surface area contributed by atoms with Gasteiger partial charge in [0, 0.05) is 5.56 Å². The molecule has 27 heavy (non-hydrogen) atoms. The summed E-state index contributed by atoms with van der Waals surface area (Å²) in [6.45, 7) is 1.01. The molecule has 2 heterocycles. The van der Waals surface area contributed by atoms with Gasteiger partial charge in [0.2, 0.25) is 0 Å². The molecule has 2 aliphatic heterocycles. The van der Waals surface area contributed by atoms with Crippen LogP contribution in [-0.4, -0.2) is 53.1 Å². The number of carbonyl (C=O) groups is 1. The number of carboxylic acid groups (broad SMARTS) is 1. The van der Waals surface area contributed by atoms with Crippen molar-refractivity contribution in [2.75, 3.05) is 13.1 Å². The number of ether oxygens (including phenoxy) is 1. The fraction of sp³-hybridized carbons (Fsp3) is 0.263. The number of amidine groups is 1. The van der Waals surface area contributed by atoms with E-state index in [9.17, 15) is 14.9 Å². The normalized spacial score (nSPS) is 16.2. The first-order valence-electron chi connectivity index (χ1n) is 8.82. The van der Waals surface area contributed by atoms with Crippen molar-refractivity contribution in [2.45, 2.75) is 18.8 Å². The van der Waals surface area contributed by atoms with Gasteiger partial charge in [0.25, 0.3) is 0 Å². The van der Waals surface area contributed by atoms with Crippen molar-refractivity contribution in [1.29, 1.82) is 5.41 Å². The highest BCUT2D eigenvalue weighted by Gasteiger charge is 2.34. The van der Waals surface area contributed by atoms with Crippen molar-refractivity contribution in [3.63, 3.8) is 0 Å². The third kappa shape index (κ3) is 3.35. The van der Waals surface area contributed by atoms with Crippen molar-refractivity contribution < 1.29 is 24.3 Å². The fourth-order valence-electron chi connectivity index (χ4n) is 3.37. The van der Waals surface area contributed by atoms with E-state index in [0.717, 1.165) is 11.1 Å². The Balaban J connectivity index is 1.47. The topological polar surface area (TPSA) is 103 Å². The van der Waals surface area contributed by atoms with Crippen molar-refractivity contribution >= 4 is 18.9 Å². The zero-order valence-corrected chi connectivity index (χ0v) is 14.6. The van der Waals surface area contributed by atoms with Crippen LogP contribution in [0.1, 0.15) is 21.5 Å². The van der Waals surface area contributed by atoms with Crippen LogP contribution in [-0.2, 0) is 6.42 Å². The van der Waals surface area contributed by atoms with Gasteiger partial charge in [0.1, 0.15) is 29.0 Å². The van der Waals surface area contributed by atoms with Crippen molar-refractivity contribution in [3.05, 3.63) is 59.2 Å². The fourth-order valence-corrected chi connectivity index (χ4v) is 3.37. The first kappa shape index (κ1) is 17.4. The first-order chi connectivity index (χ1) is 13.0. The van der Waals surface area contributed by atoms with Crippen LogP contribution in [0.2, 0.25) is 6.32 Å². The number of benzene rings is 2. The predicted molar refractivity (Wildman–Crippen MR) is 99.8 cm³/mol. The SMILES string of the molecule is N=C(c1ccccc1)N1CC(Oc2ccc3c(c2C(=O)O)OB(O)CC3)C1.